The van der Waals surface area contributed by atoms with Gasteiger partial charge in [0, 0.05) is 63.3 Å². The summed E-state index contributed by atoms with van der Waals surface area (Å²) in [7, 11) is 1.88. The van der Waals surface area contributed by atoms with Crippen LogP contribution >= 0.6 is 0 Å². The molecule has 0 radical (unpaired) electrons. The first kappa shape index (κ1) is 16.4. The molecule has 0 aromatic carbocycles. The highest BCUT2D eigenvalue weighted by Gasteiger charge is 2.16. The van der Waals surface area contributed by atoms with Gasteiger partial charge < -0.3 is 15.5 Å². The summed E-state index contributed by atoms with van der Waals surface area (Å²) in [6.07, 6.45) is 6.17. The normalized spacial score (nSPS) is 16.0. The van der Waals surface area contributed by atoms with Gasteiger partial charge in [-0.05, 0) is 18.1 Å². The first-order valence-electron chi connectivity index (χ1n) is 8.32. The van der Waals surface area contributed by atoms with Crippen LogP contribution in [-0.4, -0.2) is 46.9 Å². The third-order valence-electron chi connectivity index (χ3n) is 4.20. The van der Waals surface area contributed by atoms with E-state index in [1.54, 1.807) is 17.1 Å². The Kier molecular flexibility index (Phi) is 5.10. The molecular weight excluding hydrogens is 304 g/mol. The number of carbonyl (C=O) groups is 1. The van der Waals surface area contributed by atoms with Gasteiger partial charge in [0.1, 0.15) is 5.82 Å². The summed E-state index contributed by atoms with van der Waals surface area (Å²) >= 11 is 0. The molecule has 3 heterocycles. The predicted octanol–water partition coefficient (Wildman–Crippen LogP) is 1.04. The highest BCUT2D eigenvalue weighted by Crippen LogP contribution is 2.18. The molecule has 7 nitrogen and oxygen atoms in total. The van der Waals surface area contributed by atoms with Gasteiger partial charge in [-0.25, -0.2) is 4.98 Å². The van der Waals surface area contributed by atoms with Gasteiger partial charge in [-0.3, -0.25) is 9.48 Å². The number of nitrogens with zero attached hydrogens (tertiary/aromatic N) is 4. The van der Waals surface area contributed by atoms with E-state index in [2.05, 4.69) is 25.6 Å². The van der Waals surface area contributed by atoms with Gasteiger partial charge in [0.05, 0.1) is 6.20 Å². The highest BCUT2D eigenvalue weighted by molar-refractivity contribution is 5.92. The zero-order chi connectivity index (χ0) is 16.9. The molecule has 1 atom stereocenters. The van der Waals surface area contributed by atoms with Crippen molar-refractivity contribution < 1.29 is 4.79 Å². The Morgan fingerprint density at radius 3 is 2.92 bits per heavy atom. The third-order valence-corrected chi connectivity index (χ3v) is 4.20. The monoisotopic (exact) mass is 328 g/mol. The predicted molar refractivity (Wildman–Crippen MR) is 94.0 cm³/mol. The summed E-state index contributed by atoms with van der Waals surface area (Å²) in [6, 6.07) is 3.78. The minimum absolute atomic E-state index is 0.0105. The second-order valence-electron chi connectivity index (χ2n) is 6.26. The molecule has 3 rings (SSSR count). The van der Waals surface area contributed by atoms with E-state index in [1.165, 1.54) is 0 Å². The zero-order valence-corrected chi connectivity index (χ0v) is 14.2. The van der Waals surface area contributed by atoms with Crippen LogP contribution in [0.25, 0.3) is 0 Å². The number of amides is 1. The number of rotatable bonds is 5. The maximum absolute atomic E-state index is 12.4. The van der Waals surface area contributed by atoms with E-state index in [0.29, 0.717) is 6.42 Å². The average Bonchev–Trinajstić information content (AvgIpc) is 3.00. The molecule has 1 amide bonds. The van der Waals surface area contributed by atoms with Crippen LogP contribution in [-0.2, 0) is 18.3 Å². The van der Waals surface area contributed by atoms with Crippen LogP contribution in [0.5, 0.6) is 0 Å². The molecule has 1 unspecified atom stereocenters. The van der Waals surface area contributed by atoms with Gasteiger partial charge in [0.25, 0.3) is 0 Å². The lowest BCUT2D eigenvalue weighted by atomic mass is 10.0. The number of aryl methyl sites for hydroxylation is 1. The van der Waals surface area contributed by atoms with Crippen molar-refractivity contribution in [2.75, 3.05) is 36.4 Å². The van der Waals surface area contributed by atoms with Crippen LogP contribution in [0.1, 0.15) is 12.5 Å². The Labute approximate surface area is 142 Å². The van der Waals surface area contributed by atoms with E-state index < -0.39 is 0 Å². The molecule has 1 fully saturated rings. The molecule has 0 aliphatic carbocycles. The molecule has 2 aromatic heterocycles. The highest BCUT2D eigenvalue weighted by atomic mass is 16.1. The van der Waals surface area contributed by atoms with E-state index in [9.17, 15) is 4.79 Å². The third kappa shape index (κ3) is 4.11. The van der Waals surface area contributed by atoms with Crippen LogP contribution < -0.4 is 15.5 Å². The molecule has 0 bridgehead atoms. The Morgan fingerprint density at radius 1 is 1.42 bits per heavy atom. The molecule has 7 heteroatoms. The average molecular weight is 328 g/mol. The molecule has 1 aliphatic rings. The van der Waals surface area contributed by atoms with Gasteiger partial charge >= 0.3 is 0 Å². The van der Waals surface area contributed by atoms with Crippen molar-refractivity contribution >= 4 is 17.4 Å². The Bertz CT molecular complexity index is 692. The van der Waals surface area contributed by atoms with Gasteiger partial charge in [-0.1, -0.05) is 6.92 Å². The minimum Gasteiger partial charge on any atom is -0.354 e. The van der Waals surface area contributed by atoms with Crippen LogP contribution in [0.4, 0.5) is 11.5 Å². The van der Waals surface area contributed by atoms with Crippen molar-refractivity contribution in [1.82, 2.24) is 20.1 Å². The van der Waals surface area contributed by atoms with Gasteiger partial charge in [-0.2, -0.15) is 5.10 Å². The first-order chi connectivity index (χ1) is 11.6. The number of piperazine rings is 1. The summed E-state index contributed by atoms with van der Waals surface area (Å²) in [6.45, 7) is 5.71. The van der Waals surface area contributed by atoms with Crippen molar-refractivity contribution in [3.63, 3.8) is 0 Å². The van der Waals surface area contributed by atoms with Gasteiger partial charge in [0.2, 0.25) is 5.91 Å². The van der Waals surface area contributed by atoms with Gasteiger partial charge in [-0.15, -0.1) is 0 Å². The fourth-order valence-corrected chi connectivity index (χ4v) is 2.85. The fraction of sp³-hybridized carbons (Fsp3) is 0.471. The van der Waals surface area contributed by atoms with Crippen molar-refractivity contribution in [2.24, 2.45) is 13.0 Å². The number of aromatic nitrogens is 3. The first-order valence-corrected chi connectivity index (χ1v) is 8.32. The molecule has 2 N–H and O–H groups in total. The standard InChI is InChI=1S/C17H24N6O/c1-13(9-14-11-20-22(2)12-14)17(24)21-15-3-4-19-16(10-15)23-7-5-18-6-8-23/h3-4,10-13,18H,5-9H2,1-2H3,(H,19,21,24). The number of carbonyl (C=O) groups excluding carboxylic acids is 1. The molecule has 0 saturated carbocycles. The van der Waals surface area contributed by atoms with E-state index in [0.717, 1.165) is 43.2 Å². The second-order valence-corrected chi connectivity index (χ2v) is 6.26. The van der Waals surface area contributed by atoms with Crippen molar-refractivity contribution in [3.8, 4) is 0 Å². The lowest BCUT2D eigenvalue weighted by molar-refractivity contribution is -0.119. The van der Waals surface area contributed by atoms with Crippen LogP contribution in [0.15, 0.2) is 30.7 Å². The Morgan fingerprint density at radius 2 is 2.21 bits per heavy atom. The summed E-state index contributed by atoms with van der Waals surface area (Å²) in [4.78, 5) is 19.1. The number of hydrogen-bond acceptors (Lipinski definition) is 5. The summed E-state index contributed by atoms with van der Waals surface area (Å²) < 4.78 is 1.75. The Balaban J connectivity index is 1.61. The summed E-state index contributed by atoms with van der Waals surface area (Å²) in [5, 5.41) is 10.5. The maximum atomic E-state index is 12.4. The number of anilines is 2. The van der Waals surface area contributed by atoms with Crippen LogP contribution in [0.2, 0.25) is 0 Å². The molecule has 128 valence electrons. The summed E-state index contributed by atoms with van der Waals surface area (Å²) in [5.74, 6) is 0.801. The number of pyridine rings is 1. The molecule has 24 heavy (non-hydrogen) atoms. The van der Waals surface area contributed by atoms with E-state index >= 15 is 0 Å². The molecule has 0 spiro atoms. The zero-order valence-electron chi connectivity index (χ0n) is 14.2. The second kappa shape index (κ2) is 7.44. The topological polar surface area (TPSA) is 75.1 Å². The quantitative estimate of drug-likeness (QED) is 0.858. The maximum Gasteiger partial charge on any atom is 0.227 e. The lowest BCUT2D eigenvalue weighted by Gasteiger charge is -2.28. The van der Waals surface area contributed by atoms with Crippen molar-refractivity contribution in [2.45, 2.75) is 13.3 Å². The van der Waals surface area contributed by atoms with Gasteiger partial charge in [0.15, 0.2) is 0 Å². The lowest BCUT2D eigenvalue weighted by Crippen LogP contribution is -2.43. The van der Waals surface area contributed by atoms with E-state index in [-0.39, 0.29) is 11.8 Å². The van der Waals surface area contributed by atoms with E-state index in [4.69, 9.17) is 0 Å². The minimum atomic E-state index is -0.120. The van der Waals surface area contributed by atoms with Crippen LogP contribution in [0, 0.1) is 5.92 Å². The van der Waals surface area contributed by atoms with Crippen molar-refractivity contribution in [1.29, 1.82) is 0 Å². The molecular formula is C17H24N6O. The van der Waals surface area contributed by atoms with Crippen LogP contribution in [0.3, 0.4) is 0 Å². The van der Waals surface area contributed by atoms with E-state index in [1.807, 2.05) is 32.3 Å². The fourth-order valence-electron chi connectivity index (χ4n) is 2.85. The largest absolute Gasteiger partial charge is 0.354 e. The molecule has 2 aromatic rings. The van der Waals surface area contributed by atoms with Crippen molar-refractivity contribution in [3.05, 3.63) is 36.3 Å². The number of hydrogen-bond donors (Lipinski definition) is 2. The molecule has 1 aliphatic heterocycles. The SMILES string of the molecule is CC(Cc1cnn(C)c1)C(=O)Nc1ccnc(N2CCNCC2)c1. The number of nitrogens with one attached hydrogen (secondary N) is 2. The molecule has 1 saturated heterocycles. The Hall–Kier alpha value is -2.41. The summed E-state index contributed by atoms with van der Waals surface area (Å²) in [5.41, 5.74) is 1.86. The smallest absolute Gasteiger partial charge is 0.227 e.